The van der Waals surface area contributed by atoms with Gasteiger partial charge in [0.05, 0.1) is 0 Å². The average Bonchev–Trinajstić information content (AvgIpc) is 2.47. The van der Waals surface area contributed by atoms with Crippen LogP contribution in [-0.2, 0) is 9.59 Å². The van der Waals surface area contributed by atoms with Crippen molar-refractivity contribution in [3.8, 4) is 12.3 Å². The van der Waals surface area contributed by atoms with Crippen molar-refractivity contribution in [2.45, 2.75) is 12.8 Å². The summed E-state index contributed by atoms with van der Waals surface area (Å²) >= 11 is 1.76. The summed E-state index contributed by atoms with van der Waals surface area (Å²) in [6, 6.07) is 6.81. The number of nitrogens with one attached hydrogen (secondary N) is 2. The van der Waals surface area contributed by atoms with Gasteiger partial charge >= 0.3 is 11.8 Å². The number of unbranched alkanes of at least 4 members (excludes halogenated alkanes) is 1. The summed E-state index contributed by atoms with van der Waals surface area (Å²) in [6.07, 6.45) is 9.20. The summed E-state index contributed by atoms with van der Waals surface area (Å²) in [5.41, 5.74) is 1.17. The molecule has 20 heavy (non-hydrogen) atoms. The number of terminal acetylenes is 1. The molecule has 4 nitrogen and oxygen atoms in total. The molecule has 0 saturated heterocycles. The molecule has 0 bridgehead atoms. The van der Waals surface area contributed by atoms with Gasteiger partial charge in [0.2, 0.25) is 0 Å². The second-order valence-electron chi connectivity index (χ2n) is 4.14. The molecule has 1 aromatic carbocycles. The Kier molecular flexibility index (Phi) is 7.30. The molecule has 5 heteroatoms. The molecule has 0 heterocycles. The Morgan fingerprint density at radius 1 is 1.30 bits per heavy atom. The number of anilines is 1. The fourth-order valence-corrected chi connectivity index (χ4v) is 2.02. The first-order valence-electron chi connectivity index (χ1n) is 6.32. The van der Waals surface area contributed by atoms with Crippen LogP contribution in [0.2, 0.25) is 0 Å². The minimum Gasteiger partial charge on any atom is -0.348 e. The Balaban J connectivity index is 2.38. The largest absolute Gasteiger partial charge is 0.348 e. The van der Waals surface area contributed by atoms with Gasteiger partial charge in [-0.25, -0.2) is 0 Å². The molecule has 2 N–H and O–H groups in total. The summed E-state index contributed by atoms with van der Waals surface area (Å²) in [5.74, 6) is 2.22. The lowest BCUT2D eigenvalue weighted by Gasteiger charge is -2.06. The van der Waals surface area contributed by atoms with E-state index in [4.69, 9.17) is 6.42 Å². The van der Waals surface area contributed by atoms with Gasteiger partial charge < -0.3 is 10.6 Å². The Bertz CT molecular complexity index is 509. The third kappa shape index (κ3) is 5.81. The van der Waals surface area contributed by atoms with Gasteiger partial charge in [-0.3, -0.25) is 9.59 Å². The zero-order chi connectivity index (χ0) is 14.8. The highest BCUT2D eigenvalue weighted by atomic mass is 32.2. The van der Waals surface area contributed by atoms with Crippen LogP contribution in [0.1, 0.15) is 18.4 Å². The molecular weight excluding hydrogens is 272 g/mol. The van der Waals surface area contributed by atoms with Gasteiger partial charge in [-0.05, 0) is 43.0 Å². The molecule has 0 spiro atoms. The minimum atomic E-state index is -0.677. The van der Waals surface area contributed by atoms with Crippen molar-refractivity contribution in [2.75, 3.05) is 23.9 Å². The second kappa shape index (κ2) is 9.05. The van der Waals surface area contributed by atoms with Crippen molar-refractivity contribution in [3.63, 3.8) is 0 Å². The number of hydrogen-bond acceptors (Lipinski definition) is 3. The lowest BCUT2D eigenvalue weighted by atomic mass is 10.2. The van der Waals surface area contributed by atoms with E-state index in [0.717, 1.165) is 18.6 Å². The second-order valence-corrected chi connectivity index (χ2v) is 5.12. The smallest absolute Gasteiger partial charge is 0.313 e. The van der Waals surface area contributed by atoms with E-state index in [0.29, 0.717) is 17.8 Å². The van der Waals surface area contributed by atoms with Crippen LogP contribution in [0.25, 0.3) is 0 Å². The van der Waals surface area contributed by atoms with E-state index in [2.05, 4.69) is 16.6 Å². The quantitative estimate of drug-likeness (QED) is 0.478. The van der Waals surface area contributed by atoms with Crippen LogP contribution in [0, 0.1) is 12.3 Å². The molecule has 1 aromatic rings. The van der Waals surface area contributed by atoms with Crippen molar-refractivity contribution < 1.29 is 9.59 Å². The minimum absolute atomic E-state index is 0.511. The number of hydrogen-bond donors (Lipinski definition) is 2. The van der Waals surface area contributed by atoms with Gasteiger partial charge in [-0.15, -0.1) is 6.42 Å². The topological polar surface area (TPSA) is 58.2 Å². The number of carbonyl (C=O) groups excluding carboxylic acids is 2. The standard InChI is InChI=1S/C15H18N2O2S/c1-3-12-7-6-8-13(11-12)17-15(19)14(18)16-9-4-5-10-20-2/h1,6-8,11H,4-5,9-10H2,2H3,(H,16,18)(H,17,19). The summed E-state index contributed by atoms with van der Waals surface area (Å²) < 4.78 is 0. The van der Waals surface area contributed by atoms with E-state index in [-0.39, 0.29) is 0 Å². The highest BCUT2D eigenvalue weighted by Crippen LogP contribution is 2.09. The van der Waals surface area contributed by atoms with Crippen molar-refractivity contribution in [2.24, 2.45) is 0 Å². The van der Waals surface area contributed by atoms with Gasteiger partial charge in [-0.1, -0.05) is 12.0 Å². The van der Waals surface area contributed by atoms with Gasteiger partial charge in [0.1, 0.15) is 0 Å². The highest BCUT2D eigenvalue weighted by Gasteiger charge is 2.12. The molecule has 0 atom stereocenters. The molecule has 1 rings (SSSR count). The Morgan fingerprint density at radius 3 is 2.80 bits per heavy atom. The number of benzene rings is 1. The fourth-order valence-electron chi connectivity index (χ4n) is 1.53. The number of rotatable bonds is 6. The molecule has 106 valence electrons. The van der Waals surface area contributed by atoms with Crippen LogP contribution in [0.4, 0.5) is 5.69 Å². The first kappa shape index (κ1) is 16.1. The molecule has 0 radical (unpaired) electrons. The normalized spacial score (nSPS) is 9.60. The Hall–Kier alpha value is -1.93. The van der Waals surface area contributed by atoms with E-state index in [1.807, 2.05) is 6.26 Å². The van der Waals surface area contributed by atoms with Crippen LogP contribution in [0.5, 0.6) is 0 Å². The first-order valence-corrected chi connectivity index (χ1v) is 7.71. The summed E-state index contributed by atoms with van der Waals surface area (Å²) in [5, 5.41) is 5.11. The molecule has 0 fully saturated rings. The molecule has 0 aliphatic carbocycles. The molecule has 0 unspecified atom stereocenters. The molecule has 2 amide bonds. The van der Waals surface area contributed by atoms with E-state index in [9.17, 15) is 9.59 Å². The van der Waals surface area contributed by atoms with Gasteiger partial charge in [0.25, 0.3) is 0 Å². The lowest BCUT2D eigenvalue weighted by Crippen LogP contribution is -2.35. The average molecular weight is 290 g/mol. The molecule has 0 aliphatic heterocycles. The van der Waals surface area contributed by atoms with Crippen molar-refractivity contribution in [1.29, 1.82) is 0 Å². The highest BCUT2D eigenvalue weighted by molar-refractivity contribution is 7.98. The molecule has 0 aromatic heterocycles. The van der Waals surface area contributed by atoms with Crippen LogP contribution < -0.4 is 10.6 Å². The monoisotopic (exact) mass is 290 g/mol. The predicted octanol–water partition coefficient (Wildman–Crippen LogP) is 1.87. The number of thioether (sulfide) groups is 1. The third-order valence-electron chi connectivity index (χ3n) is 2.55. The van der Waals surface area contributed by atoms with Crippen LogP contribution in [0.15, 0.2) is 24.3 Å². The third-order valence-corrected chi connectivity index (χ3v) is 3.25. The number of carbonyl (C=O) groups is 2. The number of amides is 2. The maximum atomic E-state index is 11.7. The first-order chi connectivity index (χ1) is 9.67. The van der Waals surface area contributed by atoms with E-state index < -0.39 is 11.8 Å². The Labute approximate surface area is 123 Å². The van der Waals surface area contributed by atoms with Gasteiger partial charge in [0.15, 0.2) is 0 Å². The van der Waals surface area contributed by atoms with Gasteiger partial charge in [0, 0.05) is 17.8 Å². The van der Waals surface area contributed by atoms with Crippen LogP contribution in [-0.4, -0.2) is 30.4 Å². The summed E-state index contributed by atoms with van der Waals surface area (Å²) in [4.78, 5) is 23.2. The molecular formula is C15H18N2O2S. The maximum Gasteiger partial charge on any atom is 0.313 e. The van der Waals surface area contributed by atoms with Crippen LogP contribution >= 0.6 is 11.8 Å². The molecule has 0 saturated carbocycles. The Morgan fingerprint density at radius 2 is 2.10 bits per heavy atom. The van der Waals surface area contributed by atoms with Gasteiger partial charge in [-0.2, -0.15) is 11.8 Å². The lowest BCUT2D eigenvalue weighted by molar-refractivity contribution is -0.136. The van der Waals surface area contributed by atoms with E-state index >= 15 is 0 Å². The van der Waals surface area contributed by atoms with Crippen molar-refractivity contribution in [1.82, 2.24) is 5.32 Å². The van der Waals surface area contributed by atoms with Crippen LogP contribution in [0.3, 0.4) is 0 Å². The zero-order valence-corrected chi connectivity index (χ0v) is 12.3. The predicted molar refractivity (Wildman–Crippen MR) is 83.6 cm³/mol. The van der Waals surface area contributed by atoms with Crippen molar-refractivity contribution in [3.05, 3.63) is 29.8 Å². The van der Waals surface area contributed by atoms with E-state index in [1.54, 1.807) is 36.0 Å². The summed E-state index contributed by atoms with van der Waals surface area (Å²) in [6.45, 7) is 0.511. The summed E-state index contributed by atoms with van der Waals surface area (Å²) in [7, 11) is 0. The SMILES string of the molecule is C#Cc1cccc(NC(=O)C(=O)NCCCCSC)c1. The maximum absolute atomic E-state index is 11.7. The van der Waals surface area contributed by atoms with E-state index in [1.165, 1.54) is 0 Å². The zero-order valence-electron chi connectivity index (χ0n) is 11.4. The molecule has 0 aliphatic rings. The fraction of sp³-hybridized carbons (Fsp3) is 0.333. The van der Waals surface area contributed by atoms with Crippen molar-refractivity contribution >= 4 is 29.3 Å².